The minimum Gasteiger partial charge on any atom is -0.322 e. The molecule has 1 saturated heterocycles. The molecule has 1 aromatic rings. The topological polar surface area (TPSA) is 101 Å². The molecule has 1 fully saturated rings. The van der Waals surface area contributed by atoms with Crippen LogP contribution in [0.3, 0.4) is 0 Å². The van der Waals surface area contributed by atoms with Gasteiger partial charge in [-0.3, -0.25) is 19.7 Å². The summed E-state index contributed by atoms with van der Waals surface area (Å²) in [5.41, 5.74) is -0.264. The van der Waals surface area contributed by atoms with E-state index in [0.717, 1.165) is 23.3 Å². The van der Waals surface area contributed by atoms with Gasteiger partial charge in [0.25, 0.3) is 5.91 Å². The largest absolute Gasteiger partial charge is 0.322 e. The monoisotopic (exact) mass is 340 g/mol. The lowest BCUT2D eigenvalue weighted by Gasteiger charge is -2.29. The van der Waals surface area contributed by atoms with Crippen LogP contribution in [0.1, 0.15) is 28.8 Å². The molecule has 0 spiro atoms. The van der Waals surface area contributed by atoms with E-state index in [1.807, 2.05) is 0 Å². The molecule has 122 valence electrons. The van der Waals surface area contributed by atoms with Crippen molar-refractivity contribution in [3.63, 3.8) is 0 Å². The van der Waals surface area contributed by atoms with Crippen LogP contribution in [0.4, 0.5) is 4.39 Å². The third-order valence-electron chi connectivity index (χ3n) is 4.01. The van der Waals surface area contributed by atoms with Gasteiger partial charge in [0, 0.05) is 24.8 Å². The van der Waals surface area contributed by atoms with E-state index >= 15 is 0 Å². The fourth-order valence-corrected chi connectivity index (χ4v) is 3.88. The predicted molar refractivity (Wildman–Crippen MR) is 75.6 cm³/mol. The van der Waals surface area contributed by atoms with Gasteiger partial charge in [0.2, 0.25) is 11.8 Å². The van der Waals surface area contributed by atoms with Crippen molar-refractivity contribution in [2.24, 2.45) is 0 Å². The molecule has 1 unspecified atom stereocenters. The van der Waals surface area contributed by atoms with Crippen LogP contribution in [0.15, 0.2) is 17.0 Å². The molecule has 2 aliphatic rings. The van der Waals surface area contributed by atoms with E-state index in [1.165, 1.54) is 0 Å². The Morgan fingerprint density at radius 2 is 1.96 bits per heavy atom. The number of rotatable bonds is 2. The molecule has 9 heteroatoms. The molecule has 3 amide bonds. The summed E-state index contributed by atoms with van der Waals surface area (Å²) in [6.45, 7) is -0.180. The summed E-state index contributed by atoms with van der Waals surface area (Å²) in [5.74, 6) is -2.63. The minimum atomic E-state index is -3.64. The quantitative estimate of drug-likeness (QED) is 0.603. The van der Waals surface area contributed by atoms with Crippen molar-refractivity contribution in [1.29, 1.82) is 0 Å². The first-order valence-electron chi connectivity index (χ1n) is 6.86. The second-order valence-electron chi connectivity index (χ2n) is 5.57. The molecule has 3 rings (SSSR count). The fraction of sp³-hybridized carbons (Fsp3) is 0.357. The number of amides is 3. The number of piperidine rings is 1. The van der Waals surface area contributed by atoms with Crippen molar-refractivity contribution < 1.29 is 27.2 Å². The van der Waals surface area contributed by atoms with Gasteiger partial charge in [-0.15, -0.1) is 0 Å². The average Bonchev–Trinajstić information content (AvgIpc) is 2.76. The maximum absolute atomic E-state index is 14.0. The summed E-state index contributed by atoms with van der Waals surface area (Å²) >= 11 is 0. The van der Waals surface area contributed by atoms with E-state index in [9.17, 15) is 27.2 Å². The highest BCUT2D eigenvalue weighted by Crippen LogP contribution is 2.33. The van der Waals surface area contributed by atoms with Gasteiger partial charge >= 0.3 is 0 Å². The van der Waals surface area contributed by atoms with Crippen molar-refractivity contribution in [3.8, 4) is 0 Å². The number of benzene rings is 1. The molecule has 0 bridgehead atoms. The highest BCUT2D eigenvalue weighted by molar-refractivity contribution is 7.90. The van der Waals surface area contributed by atoms with E-state index in [4.69, 9.17) is 0 Å². The van der Waals surface area contributed by atoms with E-state index < -0.39 is 39.4 Å². The Bertz CT molecular complexity index is 849. The van der Waals surface area contributed by atoms with E-state index in [0.29, 0.717) is 0 Å². The molecule has 0 aliphatic carbocycles. The number of hydrogen-bond donors (Lipinski definition) is 1. The van der Waals surface area contributed by atoms with Crippen LogP contribution in [-0.4, -0.2) is 43.3 Å². The van der Waals surface area contributed by atoms with Crippen LogP contribution in [0.2, 0.25) is 0 Å². The Balaban J connectivity index is 2.04. The van der Waals surface area contributed by atoms with Gasteiger partial charge in [0.05, 0.1) is 10.5 Å². The summed E-state index contributed by atoms with van der Waals surface area (Å²) in [7, 11) is -3.64. The number of imide groups is 1. The number of halogens is 1. The Morgan fingerprint density at radius 3 is 2.57 bits per heavy atom. The summed E-state index contributed by atoms with van der Waals surface area (Å²) in [4.78, 5) is 36.6. The molecule has 0 aromatic heterocycles. The van der Waals surface area contributed by atoms with Crippen LogP contribution >= 0.6 is 0 Å². The van der Waals surface area contributed by atoms with Crippen molar-refractivity contribution in [3.05, 3.63) is 29.1 Å². The predicted octanol–water partition coefficient (Wildman–Crippen LogP) is -0.00980. The molecule has 0 radical (unpaired) electrons. The van der Waals surface area contributed by atoms with Crippen molar-refractivity contribution in [1.82, 2.24) is 10.2 Å². The first kappa shape index (κ1) is 15.6. The highest BCUT2D eigenvalue weighted by atomic mass is 32.2. The normalized spacial score (nSPS) is 21.4. The van der Waals surface area contributed by atoms with Crippen LogP contribution in [0.25, 0.3) is 0 Å². The number of nitrogens with one attached hydrogen (secondary N) is 1. The number of carbonyl (C=O) groups excluding carboxylic acids is 3. The minimum absolute atomic E-state index is 0.0576. The maximum atomic E-state index is 14.0. The highest BCUT2D eigenvalue weighted by Gasteiger charge is 2.42. The summed E-state index contributed by atoms with van der Waals surface area (Å²) in [6.07, 6.45) is 1.16. The van der Waals surface area contributed by atoms with Crippen LogP contribution in [0.5, 0.6) is 0 Å². The van der Waals surface area contributed by atoms with Crippen LogP contribution in [-0.2, 0) is 26.0 Å². The number of carbonyl (C=O) groups is 3. The molecule has 1 N–H and O–H groups in total. The van der Waals surface area contributed by atoms with E-state index in [2.05, 4.69) is 5.32 Å². The first-order valence-corrected chi connectivity index (χ1v) is 8.75. The summed E-state index contributed by atoms with van der Waals surface area (Å²) < 4.78 is 37.7. The number of nitrogens with zero attached hydrogens (tertiary/aromatic N) is 1. The zero-order valence-corrected chi connectivity index (χ0v) is 12.9. The second kappa shape index (κ2) is 5.12. The lowest BCUT2D eigenvalue weighted by atomic mass is 10.0. The molecular weight excluding hydrogens is 327 g/mol. The zero-order valence-electron chi connectivity index (χ0n) is 12.1. The van der Waals surface area contributed by atoms with Crippen molar-refractivity contribution in [2.45, 2.75) is 30.3 Å². The molecule has 2 heterocycles. The lowest BCUT2D eigenvalue weighted by Crippen LogP contribution is -2.52. The SMILES string of the molecule is CS(=O)(=O)c1ccc(F)c2c1CN(C1CCC(=O)NC1=O)C2=O. The second-order valence-corrected chi connectivity index (χ2v) is 7.56. The van der Waals surface area contributed by atoms with Crippen molar-refractivity contribution in [2.75, 3.05) is 6.26 Å². The van der Waals surface area contributed by atoms with Gasteiger partial charge in [0.1, 0.15) is 11.9 Å². The Kier molecular flexibility index (Phi) is 3.47. The summed E-state index contributed by atoms with van der Waals surface area (Å²) in [5, 5.41) is 2.13. The van der Waals surface area contributed by atoms with E-state index in [1.54, 1.807) is 0 Å². The molecule has 2 aliphatic heterocycles. The van der Waals surface area contributed by atoms with Gasteiger partial charge in [-0.1, -0.05) is 0 Å². The molecule has 1 atom stereocenters. The number of sulfone groups is 1. The standard InChI is InChI=1S/C14H13FN2O5S/c1-23(21,22)10-4-2-8(15)12-7(10)6-17(14(12)20)9-3-5-11(18)16-13(9)19/h2,4,9H,3,5-6H2,1H3,(H,16,18,19). The van der Waals surface area contributed by atoms with Crippen molar-refractivity contribution >= 4 is 27.6 Å². The maximum Gasteiger partial charge on any atom is 0.258 e. The number of hydrogen-bond acceptors (Lipinski definition) is 5. The van der Waals surface area contributed by atoms with E-state index in [-0.39, 0.29) is 35.4 Å². The lowest BCUT2D eigenvalue weighted by molar-refractivity contribution is -0.136. The van der Waals surface area contributed by atoms with Gasteiger partial charge < -0.3 is 4.90 Å². The van der Waals surface area contributed by atoms with Gasteiger partial charge in [-0.05, 0) is 18.6 Å². The fourth-order valence-electron chi connectivity index (χ4n) is 2.95. The summed E-state index contributed by atoms with van der Waals surface area (Å²) in [6, 6.07) is 1.13. The zero-order chi connectivity index (χ0) is 16.9. The van der Waals surface area contributed by atoms with Crippen LogP contribution in [0, 0.1) is 5.82 Å². The number of fused-ring (bicyclic) bond motifs is 1. The van der Waals surface area contributed by atoms with Gasteiger partial charge in [0.15, 0.2) is 9.84 Å². The smallest absolute Gasteiger partial charge is 0.258 e. The van der Waals surface area contributed by atoms with Crippen LogP contribution < -0.4 is 5.32 Å². The molecule has 0 saturated carbocycles. The third-order valence-corrected chi connectivity index (χ3v) is 5.19. The Hall–Kier alpha value is -2.29. The third kappa shape index (κ3) is 2.50. The Labute approximate surface area is 131 Å². The van der Waals surface area contributed by atoms with Gasteiger partial charge in [-0.2, -0.15) is 0 Å². The van der Waals surface area contributed by atoms with Gasteiger partial charge in [-0.25, -0.2) is 12.8 Å². The molecule has 1 aromatic carbocycles. The average molecular weight is 340 g/mol. The molecule has 7 nitrogen and oxygen atoms in total. The first-order chi connectivity index (χ1) is 10.7. The Morgan fingerprint density at radius 1 is 1.26 bits per heavy atom. The molecular formula is C14H13FN2O5S. The molecule has 23 heavy (non-hydrogen) atoms.